The average molecular weight is 487 g/mol. The van der Waals surface area contributed by atoms with Gasteiger partial charge in [0.1, 0.15) is 11.5 Å². The summed E-state index contributed by atoms with van der Waals surface area (Å²) in [4.78, 5) is 36.0. The molecule has 35 heavy (non-hydrogen) atoms. The van der Waals surface area contributed by atoms with E-state index >= 15 is 0 Å². The number of carbonyl (C=O) groups excluding carboxylic acids is 3. The maximum absolute atomic E-state index is 12.6. The third kappa shape index (κ3) is 8.41. The predicted molar refractivity (Wildman–Crippen MR) is 131 cm³/mol. The molecule has 0 aromatic heterocycles. The zero-order valence-corrected chi connectivity index (χ0v) is 20.7. The van der Waals surface area contributed by atoms with Crippen molar-refractivity contribution in [3.8, 4) is 11.5 Å². The van der Waals surface area contributed by atoms with Gasteiger partial charge in [-0.05, 0) is 100 Å². The van der Waals surface area contributed by atoms with Gasteiger partial charge in [-0.15, -0.1) is 0 Å². The summed E-state index contributed by atoms with van der Waals surface area (Å²) < 4.78 is 21.1. The molecule has 0 spiro atoms. The highest BCUT2D eigenvalue weighted by molar-refractivity contribution is 5.81. The SMILES string of the molecule is C=CC(=O)OCCCCOC(=O)C1CCC(C2CCC(C(=O)Oc3ccc(OC)cc3)CC2)CC1. The van der Waals surface area contributed by atoms with Crippen molar-refractivity contribution in [1.29, 1.82) is 0 Å². The molecule has 0 aliphatic heterocycles. The van der Waals surface area contributed by atoms with E-state index in [9.17, 15) is 14.4 Å². The minimum absolute atomic E-state index is 0.0133. The van der Waals surface area contributed by atoms with Gasteiger partial charge in [0.25, 0.3) is 0 Å². The van der Waals surface area contributed by atoms with Gasteiger partial charge >= 0.3 is 17.9 Å². The summed E-state index contributed by atoms with van der Waals surface area (Å²) in [6.45, 7) is 4.03. The van der Waals surface area contributed by atoms with Crippen molar-refractivity contribution in [3.05, 3.63) is 36.9 Å². The van der Waals surface area contributed by atoms with E-state index in [0.29, 0.717) is 43.6 Å². The number of unbranched alkanes of at least 4 members (excludes halogenated alkanes) is 1. The first-order valence-corrected chi connectivity index (χ1v) is 12.8. The topological polar surface area (TPSA) is 88.1 Å². The molecule has 0 N–H and O–H groups in total. The van der Waals surface area contributed by atoms with Crippen LogP contribution in [0.5, 0.6) is 11.5 Å². The maximum atomic E-state index is 12.6. The maximum Gasteiger partial charge on any atom is 0.330 e. The lowest BCUT2D eigenvalue weighted by atomic mass is 9.69. The van der Waals surface area contributed by atoms with Gasteiger partial charge in [0, 0.05) is 6.08 Å². The van der Waals surface area contributed by atoms with Crippen molar-refractivity contribution < 1.29 is 33.3 Å². The number of rotatable bonds is 11. The van der Waals surface area contributed by atoms with Crippen molar-refractivity contribution in [2.24, 2.45) is 23.7 Å². The van der Waals surface area contributed by atoms with Gasteiger partial charge in [-0.1, -0.05) is 6.58 Å². The van der Waals surface area contributed by atoms with E-state index in [1.165, 1.54) is 0 Å². The Kier molecular flexibility index (Phi) is 10.6. The Labute approximate surface area is 208 Å². The molecule has 2 fully saturated rings. The number of esters is 3. The van der Waals surface area contributed by atoms with Gasteiger partial charge in [-0.2, -0.15) is 0 Å². The van der Waals surface area contributed by atoms with Crippen LogP contribution in [-0.4, -0.2) is 38.2 Å². The first-order valence-electron chi connectivity index (χ1n) is 12.8. The van der Waals surface area contributed by atoms with E-state index in [2.05, 4.69) is 6.58 Å². The van der Waals surface area contributed by atoms with E-state index in [0.717, 1.165) is 63.2 Å². The Balaban J connectivity index is 1.29. The molecule has 2 aliphatic rings. The van der Waals surface area contributed by atoms with Crippen LogP contribution in [0.1, 0.15) is 64.2 Å². The van der Waals surface area contributed by atoms with Crippen LogP contribution in [0.15, 0.2) is 36.9 Å². The molecule has 3 rings (SSSR count). The number of hydrogen-bond acceptors (Lipinski definition) is 7. The lowest BCUT2D eigenvalue weighted by molar-refractivity contribution is -0.151. The normalized spacial score (nSPS) is 24.1. The Hall–Kier alpha value is -2.83. The van der Waals surface area contributed by atoms with Gasteiger partial charge in [0.2, 0.25) is 0 Å². The molecule has 0 heterocycles. The molecule has 0 amide bonds. The van der Waals surface area contributed by atoms with Crippen LogP contribution in [0.2, 0.25) is 0 Å². The lowest BCUT2D eigenvalue weighted by Crippen LogP contribution is -2.31. The third-order valence-electron chi connectivity index (χ3n) is 7.35. The van der Waals surface area contributed by atoms with Crippen molar-refractivity contribution >= 4 is 17.9 Å². The molecule has 0 bridgehead atoms. The van der Waals surface area contributed by atoms with E-state index in [4.69, 9.17) is 18.9 Å². The molecule has 0 saturated heterocycles. The van der Waals surface area contributed by atoms with E-state index < -0.39 is 5.97 Å². The molecular weight excluding hydrogens is 448 g/mol. The summed E-state index contributed by atoms with van der Waals surface area (Å²) in [7, 11) is 1.61. The molecular formula is C28H38O7. The highest BCUT2D eigenvalue weighted by Gasteiger charge is 2.35. The molecule has 0 radical (unpaired) electrons. The van der Waals surface area contributed by atoms with Crippen LogP contribution in [0.4, 0.5) is 0 Å². The fourth-order valence-corrected chi connectivity index (χ4v) is 5.22. The standard InChI is InChI=1S/C28H38O7/c1-3-26(29)33-18-4-5-19-34-27(30)22-10-6-20(7-11-22)21-8-12-23(13-9-21)28(31)35-25-16-14-24(32-2)15-17-25/h3,14-17,20-23H,1,4-13,18-19H2,2H3. The summed E-state index contributed by atoms with van der Waals surface area (Å²) in [5.74, 6) is 1.81. The summed E-state index contributed by atoms with van der Waals surface area (Å²) in [5.41, 5.74) is 0. The monoisotopic (exact) mass is 486 g/mol. The van der Waals surface area contributed by atoms with Crippen LogP contribution < -0.4 is 9.47 Å². The number of benzene rings is 1. The number of ether oxygens (including phenoxy) is 4. The van der Waals surface area contributed by atoms with Crippen molar-refractivity contribution in [3.63, 3.8) is 0 Å². The first-order chi connectivity index (χ1) is 17.0. The Morgan fingerprint density at radius 1 is 0.771 bits per heavy atom. The van der Waals surface area contributed by atoms with Gasteiger partial charge in [0.15, 0.2) is 0 Å². The van der Waals surface area contributed by atoms with Gasteiger partial charge in [-0.3, -0.25) is 9.59 Å². The highest BCUT2D eigenvalue weighted by atomic mass is 16.5. The Morgan fingerprint density at radius 3 is 1.77 bits per heavy atom. The minimum atomic E-state index is -0.430. The first kappa shape index (κ1) is 26.8. The summed E-state index contributed by atoms with van der Waals surface area (Å²) in [6.07, 6.45) is 10.1. The molecule has 1 aromatic carbocycles. The molecule has 7 heteroatoms. The van der Waals surface area contributed by atoms with Crippen molar-refractivity contribution in [2.45, 2.75) is 64.2 Å². The molecule has 192 valence electrons. The van der Waals surface area contributed by atoms with Crippen LogP contribution in [0.3, 0.4) is 0 Å². The van der Waals surface area contributed by atoms with E-state index in [1.807, 2.05) is 0 Å². The van der Waals surface area contributed by atoms with Gasteiger partial charge in [0.05, 0.1) is 32.2 Å². The summed E-state index contributed by atoms with van der Waals surface area (Å²) in [6, 6.07) is 7.09. The summed E-state index contributed by atoms with van der Waals surface area (Å²) in [5, 5.41) is 0. The zero-order chi connectivity index (χ0) is 25.0. The molecule has 1 aromatic rings. The van der Waals surface area contributed by atoms with Crippen LogP contribution in [0, 0.1) is 23.7 Å². The van der Waals surface area contributed by atoms with Crippen LogP contribution in [0.25, 0.3) is 0 Å². The van der Waals surface area contributed by atoms with E-state index in [-0.39, 0.29) is 23.8 Å². The predicted octanol–water partition coefficient (Wildman–Crippen LogP) is 5.27. The van der Waals surface area contributed by atoms with Gasteiger partial charge in [-0.25, -0.2) is 4.79 Å². The molecule has 2 saturated carbocycles. The van der Waals surface area contributed by atoms with Crippen molar-refractivity contribution in [2.75, 3.05) is 20.3 Å². The quantitative estimate of drug-likeness (QED) is 0.182. The fraction of sp³-hybridized carbons (Fsp3) is 0.607. The second-order valence-corrected chi connectivity index (χ2v) is 9.57. The molecule has 7 nitrogen and oxygen atoms in total. The lowest BCUT2D eigenvalue weighted by Gasteiger charge is -2.36. The highest BCUT2D eigenvalue weighted by Crippen LogP contribution is 2.42. The number of hydrogen-bond donors (Lipinski definition) is 0. The van der Waals surface area contributed by atoms with E-state index in [1.54, 1.807) is 31.4 Å². The Morgan fingerprint density at radius 2 is 1.26 bits per heavy atom. The second-order valence-electron chi connectivity index (χ2n) is 9.57. The average Bonchev–Trinajstić information content (AvgIpc) is 2.91. The molecule has 0 atom stereocenters. The fourth-order valence-electron chi connectivity index (χ4n) is 5.22. The van der Waals surface area contributed by atoms with Crippen LogP contribution >= 0.6 is 0 Å². The molecule has 2 aliphatic carbocycles. The smallest absolute Gasteiger partial charge is 0.330 e. The number of carbonyl (C=O) groups is 3. The molecule has 0 unspecified atom stereocenters. The van der Waals surface area contributed by atoms with Crippen LogP contribution in [-0.2, 0) is 23.9 Å². The largest absolute Gasteiger partial charge is 0.497 e. The Bertz CT molecular complexity index is 831. The van der Waals surface area contributed by atoms with Crippen molar-refractivity contribution in [1.82, 2.24) is 0 Å². The minimum Gasteiger partial charge on any atom is -0.497 e. The third-order valence-corrected chi connectivity index (χ3v) is 7.35. The number of methoxy groups -OCH3 is 1. The second kappa shape index (κ2) is 13.9. The van der Waals surface area contributed by atoms with Gasteiger partial charge < -0.3 is 18.9 Å². The zero-order valence-electron chi connectivity index (χ0n) is 20.7. The summed E-state index contributed by atoms with van der Waals surface area (Å²) >= 11 is 0.